The van der Waals surface area contributed by atoms with E-state index in [1.54, 1.807) is 0 Å². The summed E-state index contributed by atoms with van der Waals surface area (Å²) in [4.78, 5) is 0. The lowest BCUT2D eigenvalue weighted by atomic mass is 10.1. The van der Waals surface area contributed by atoms with Crippen molar-refractivity contribution in [3.05, 3.63) is 42.0 Å². The van der Waals surface area contributed by atoms with Crippen molar-refractivity contribution in [2.75, 3.05) is 7.05 Å². The highest BCUT2D eigenvalue weighted by Crippen LogP contribution is 2.09. The Balaban J connectivity index is 0. The van der Waals surface area contributed by atoms with Gasteiger partial charge in [0.05, 0.1) is 0 Å². The van der Waals surface area contributed by atoms with Crippen LogP contribution in [0.4, 0.5) is 0 Å². The van der Waals surface area contributed by atoms with Crippen LogP contribution >= 0.6 is 0 Å². The summed E-state index contributed by atoms with van der Waals surface area (Å²) in [5.41, 5.74) is 3.39. The van der Waals surface area contributed by atoms with Gasteiger partial charge in [-0.05, 0) is 12.5 Å². The molecule has 1 rings (SSSR count). The Hall–Kier alpha value is -1.24. The van der Waals surface area contributed by atoms with Crippen LogP contribution in [-0.2, 0) is 0 Å². The largest absolute Gasteiger partial charge is 0.388 e. The minimum absolute atomic E-state index is 0.963. The summed E-state index contributed by atoms with van der Waals surface area (Å²) < 4.78 is 0. The van der Waals surface area contributed by atoms with Crippen molar-refractivity contribution in [1.82, 2.24) is 5.32 Å². The summed E-state index contributed by atoms with van der Waals surface area (Å²) in [6.45, 7) is 13.9. The van der Waals surface area contributed by atoms with Crippen molar-refractivity contribution in [2.45, 2.75) is 34.6 Å². The number of rotatable bonds is 2. The molecule has 0 saturated heterocycles. The zero-order valence-corrected chi connectivity index (χ0v) is 11.0. The van der Waals surface area contributed by atoms with Gasteiger partial charge in [0, 0.05) is 12.7 Å². The first-order valence-corrected chi connectivity index (χ1v) is 5.67. The van der Waals surface area contributed by atoms with E-state index in [0.29, 0.717) is 0 Å². The van der Waals surface area contributed by atoms with Crippen molar-refractivity contribution in [2.24, 2.45) is 0 Å². The lowest BCUT2D eigenvalue weighted by Gasteiger charge is -2.03. The zero-order valence-electron chi connectivity index (χ0n) is 11.0. The monoisotopic (exact) mass is 207 g/mol. The van der Waals surface area contributed by atoms with Gasteiger partial charge in [-0.25, -0.2) is 0 Å². The normalized spacial score (nSPS) is 7.60. The fraction of sp³-hybridized carbons (Fsp3) is 0.429. The molecule has 0 aliphatic rings. The van der Waals surface area contributed by atoms with E-state index in [4.69, 9.17) is 0 Å². The van der Waals surface area contributed by atoms with Crippen molar-refractivity contribution < 1.29 is 0 Å². The Morgan fingerprint density at radius 2 is 1.40 bits per heavy atom. The van der Waals surface area contributed by atoms with Crippen LogP contribution < -0.4 is 5.32 Å². The second kappa shape index (κ2) is 10.8. The van der Waals surface area contributed by atoms with E-state index in [9.17, 15) is 0 Å². The van der Waals surface area contributed by atoms with E-state index in [2.05, 4.69) is 43.1 Å². The van der Waals surface area contributed by atoms with E-state index >= 15 is 0 Å². The average Bonchev–Trinajstić information content (AvgIpc) is 2.34. The molecule has 0 saturated carbocycles. The molecule has 1 heteroatoms. The quantitative estimate of drug-likeness (QED) is 0.765. The highest BCUT2D eigenvalue weighted by Gasteiger charge is 1.93. The third kappa shape index (κ3) is 6.78. The maximum atomic E-state index is 3.86. The lowest BCUT2D eigenvalue weighted by Crippen LogP contribution is -2.02. The average molecular weight is 207 g/mol. The standard InChI is InChI=1S/C10H13N.2C2H6/c1-8-4-6-10(7-5-8)9(2)11-3;2*1-2/h4-7,11H,2H2,1,3H3;2*1-2H3. The van der Waals surface area contributed by atoms with Crippen LogP contribution in [0.1, 0.15) is 38.8 Å². The molecule has 1 aromatic carbocycles. The van der Waals surface area contributed by atoms with Crippen LogP contribution in [0, 0.1) is 6.92 Å². The molecule has 0 amide bonds. The molecule has 0 radical (unpaired) electrons. The van der Waals surface area contributed by atoms with Gasteiger partial charge >= 0.3 is 0 Å². The molecule has 86 valence electrons. The summed E-state index contributed by atoms with van der Waals surface area (Å²) in [6.07, 6.45) is 0. The number of hydrogen-bond acceptors (Lipinski definition) is 1. The third-order valence-corrected chi connectivity index (χ3v) is 1.70. The van der Waals surface area contributed by atoms with Crippen molar-refractivity contribution >= 4 is 5.70 Å². The van der Waals surface area contributed by atoms with Crippen molar-refractivity contribution in [3.63, 3.8) is 0 Å². The molecule has 0 fully saturated rings. The number of benzene rings is 1. The minimum atomic E-state index is 0.963. The van der Waals surface area contributed by atoms with Crippen LogP contribution in [0.15, 0.2) is 30.8 Å². The van der Waals surface area contributed by atoms with E-state index < -0.39 is 0 Å². The first kappa shape index (κ1) is 16.2. The van der Waals surface area contributed by atoms with E-state index in [0.717, 1.165) is 11.3 Å². The maximum absolute atomic E-state index is 3.86. The second-order valence-electron chi connectivity index (χ2n) is 2.59. The molecule has 0 heterocycles. The Labute approximate surface area is 95.2 Å². The summed E-state index contributed by atoms with van der Waals surface area (Å²) in [5, 5.41) is 3.01. The Bertz CT molecular complexity index is 247. The molecule has 0 aliphatic heterocycles. The molecule has 0 bridgehead atoms. The zero-order chi connectivity index (χ0) is 12.3. The molecular formula is C14H25N. The molecule has 0 aliphatic carbocycles. The molecule has 15 heavy (non-hydrogen) atoms. The van der Waals surface area contributed by atoms with Crippen LogP contribution in [-0.4, -0.2) is 7.05 Å². The van der Waals surface area contributed by atoms with Gasteiger partial charge in [-0.3, -0.25) is 0 Å². The van der Waals surface area contributed by atoms with Gasteiger partial charge in [0.25, 0.3) is 0 Å². The molecular weight excluding hydrogens is 182 g/mol. The molecule has 0 unspecified atom stereocenters. The Morgan fingerprint density at radius 1 is 1.00 bits per heavy atom. The second-order valence-corrected chi connectivity index (χ2v) is 2.59. The van der Waals surface area contributed by atoms with Crippen LogP contribution in [0.25, 0.3) is 5.70 Å². The van der Waals surface area contributed by atoms with Crippen molar-refractivity contribution in [3.8, 4) is 0 Å². The van der Waals surface area contributed by atoms with Crippen LogP contribution in [0.5, 0.6) is 0 Å². The fourth-order valence-corrected chi connectivity index (χ4v) is 0.899. The Kier molecular flexibility index (Phi) is 11.7. The highest BCUT2D eigenvalue weighted by molar-refractivity contribution is 5.61. The summed E-state index contributed by atoms with van der Waals surface area (Å²) in [6, 6.07) is 8.29. The van der Waals surface area contributed by atoms with Crippen LogP contribution in [0.3, 0.4) is 0 Å². The molecule has 0 atom stereocenters. The first-order chi connectivity index (χ1) is 7.24. The van der Waals surface area contributed by atoms with E-state index in [1.165, 1.54) is 5.56 Å². The van der Waals surface area contributed by atoms with Gasteiger partial charge in [-0.1, -0.05) is 64.1 Å². The number of hydrogen-bond donors (Lipinski definition) is 1. The minimum Gasteiger partial charge on any atom is -0.388 e. The summed E-state index contributed by atoms with van der Waals surface area (Å²) in [5.74, 6) is 0. The summed E-state index contributed by atoms with van der Waals surface area (Å²) in [7, 11) is 1.88. The third-order valence-electron chi connectivity index (χ3n) is 1.70. The molecule has 0 spiro atoms. The van der Waals surface area contributed by atoms with Gasteiger partial charge in [-0.2, -0.15) is 0 Å². The van der Waals surface area contributed by atoms with Gasteiger partial charge in [0.2, 0.25) is 0 Å². The van der Waals surface area contributed by atoms with Crippen molar-refractivity contribution in [1.29, 1.82) is 0 Å². The van der Waals surface area contributed by atoms with E-state index in [1.807, 2.05) is 34.7 Å². The maximum Gasteiger partial charge on any atom is 0.0338 e. The van der Waals surface area contributed by atoms with Gasteiger partial charge < -0.3 is 5.32 Å². The lowest BCUT2D eigenvalue weighted by molar-refractivity contribution is 1.13. The molecule has 1 nitrogen and oxygen atoms in total. The number of aryl methyl sites for hydroxylation is 1. The topological polar surface area (TPSA) is 12.0 Å². The highest BCUT2D eigenvalue weighted by atomic mass is 14.8. The first-order valence-electron chi connectivity index (χ1n) is 5.67. The fourth-order valence-electron chi connectivity index (χ4n) is 0.899. The van der Waals surface area contributed by atoms with Gasteiger partial charge in [0.1, 0.15) is 0 Å². The van der Waals surface area contributed by atoms with E-state index in [-0.39, 0.29) is 0 Å². The molecule has 0 aromatic heterocycles. The molecule has 1 N–H and O–H groups in total. The predicted molar refractivity (Wildman–Crippen MR) is 72.0 cm³/mol. The van der Waals surface area contributed by atoms with Gasteiger partial charge in [-0.15, -0.1) is 0 Å². The Morgan fingerprint density at radius 3 is 1.73 bits per heavy atom. The predicted octanol–water partition coefficient (Wildman–Crippen LogP) is 4.24. The smallest absolute Gasteiger partial charge is 0.0338 e. The van der Waals surface area contributed by atoms with Gasteiger partial charge in [0.15, 0.2) is 0 Å². The SMILES string of the molecule is C=C(NC)c1ccc(C)cc1.CC.CC. The van der Waals surface area contributed by atoms with Crippen LogP contribution in [0.2, 0.25) is 0 Å². The summed E-state index contributed by atoms with van der Waals surface area (Å²) >= 11 is 0. The molecule has 1 aromatic rings. The number of nitrogens with one attached hydrogen (secondary N) is 1.